The molecule has 0 fully saturated rings. The van der Waals surface area contributed by atoms with Gasteiger partial charge in [0.05, 0.1) is 5.56 Å². The van der Waals surface area contributed by atoms with Crippen molar-refractivity contribution in [3.8, 4) is 0 Å². The molecule has 4 heteroatoms. The molecular formula is C11H8ClNO2. The molecule has 1 aromatic heterocycles. The van der Waals surface area contributed by atoms with Crippen molar-refractivity contribution in [1.29, 1.82) is 0 Å². The molecule has 0 bridgehead atoms. The number of aromatic amines is 1. The number of fused-ring (bicyclic) bond motifs is 1. The topological polar surface area (TPSA) is 49.9 Å². The molecule has 0 saturated heterocycles. The molecule has 0 atom stereocenters. The predicted molar refractivity (Wildman–Crippen MR) is 58.4 cm³/mol. The molecule has 0 aliphatic carbocycles. The molecule has 1 aromatic carbocycles. The number of carbonyl (C=O) groups excluding carboxylic acids is 2. The zero-order valence-electron chi connectivity index (χ0n) is 8.00. The molecule has 0 unspecified atom stereocenters. The van der Waals surface area contributed by atoms with Crippen molar-refractivity contribution in [2.24, 2.45) is 0 Å². The number of aromatic nitrogens is 1. The molecule has 0 aliphatic rings. The fourth-order valence-electron chi connectivity index (χ4n) is 1.64. The number of hydrogen-bond acceptors (Lipinski definition) is 2. The smallest absolute Gasteiger partial charge is 0.227 e. The number of benzene rings is 1. The lowest BCUT2D eigenvalue weighted by Crippen LogP contribution is -1.97. The van der Waals surface area contributed by atoms with Crippen molar-refractivity contribution in [1.82, 2.24) is 4.98 Å². The van der Waals surface area contributed by atoms with Crippen LogP contribution in [-0.2, 0) is 4.79 Å². The van der Waals surface area contributed by atoms with Crippen LogP contribution in [-0.4, -0.2) is 17.1 Å². The van der Waals surface area contributed by atoms with E-state index in [2.05, 4.69) is 4.98 Å². The lowest BCUT2D eigenvalue weighted by molar-refractivity contribution is -0.104. The average molecular weight is 222 g/mol. The number of carbonyl (C=O) groups is 2. The number of rotatable bonds is 2. The van der Waals surface area contributed by atoms with Gasteiger partial charge in [-0.15, -0.1) is 0 Å². The van der Waals surface area contributed by atoms with Gasteiger partial charge in [0.2, 0.25) is 5.78 Å². The van der Waals surface area contributed by atoms with Gasteiger partial charge in [0.1, 0.15) is 0 Å². The highest BCUT2D eigenvalue weighted by atomic mass is 35.5. The second-order valence-electron chi connectivity index (χ2n) is 3.33. The van der Waals surface area contributed by atoms with Crippen LogP contribution >= 0.6 is 11.6 Å². The molecule has 0 aliphatic heterocycles. The largest absolute Gasteiger partial charge is 0.360 e. The molecule has 0 saturated carbocycles. The first kappa shape index (κ1) is 9.93. The number of hydrogen-bond donors (Lipinski definition) is 1. The zero-order valence-corrected chi connectivity index (χ0v) is 8.76. The van der Waals surface area contributed by atoms with E-state index in [-0.39, 0.29) is 0 Å². The number of ketones is 1. The van der Waals surface area contributed by atoms with Crippen LogP contribution in [0.5, 0.6) is 0 Å². The van der Waals surface area contributed by atoms with E-state index in [9.17, 15) is 9.59 Å². The lowest BCUT2D eigenvalue weighted by Gasteiger charge is -1.98. The highest BCUT2D eigenvalue weighted by Gasteiger charge is 2.12. The summed E-state index contributed by atoms with van der Waals surface area (Å²) in [5.74, 6) is -0.539. The Kier molecular flexibility index (Phi) is 2.32. The van der Waals surface area contributed by atoms with E-state index in [0.717, 1.165) is 11.1 Å². The fraction of sp³-hybridized carbons (Fsp3) is 0.0909. The van der Waals surface area contributed by atoms with E-state index < -0.39 is 5.78 Å². The molecule has 76 valence electrons. The summed E-state index contributed by atoms with van der Waals surface area (Å²) in [6, 6.07) is 3.48. The Morgan fingerprint density at radius 1 is 1.47 bits per heavy atom. The van der Waals surface area contributed by atoms with E-state index in [1.807, 2.05) is 6.92 Å². The van der Waals surface area contributed by atoms with E-state index in [1.54, 1.807) is 12.1 Å². The lowest BCUT2D eigenvalue weighted by atomic mass is 10.1. The monoisotopic (exact) mass is 221 g/mol. The minimum atomic E-state index is -0.539. The van der Waals surface area contributed by atoms with Crippen molar-refractivity contribution < 1.29 is 9.59 Å². The van der Waals surface area contributed by atoms with Crippen molar-refractivity contribution in [3.05, 3.63) is 34.5 Å². The quantitative estimate of drug-likeness (QED) is 0.481. The summed E-state index contributed by atoms with van der Waals surface area (Å²) in [4.78, 5) is 24.7. The molecule has 0 spiro atoms. The Balaban J connectivity index is 2.79. The third-order valence-electron chi connectivity index (χ3n) is 2.32. The Morgan fingerprint density at radius 3 is 2.87 bits per heavy atom. The third-order valence-corrected chi connectivity index (χ3v) is 2.54. The molecule has 1 heterocycles. The molecule has 2 aromatic rings. The van der Waals surface area contributed by atoms with Gasteiger partial charge in [0.15, 0.2) is 6.29 Å². The van der Waals surface area contributed by atoms with Crippen LogP contribution in [0.25, 0.3) is 10.9 Å². The standard InChI is InChI=1S/C11H8ClNO2/c1-6-2-7(12)3-8-9(10(15)5-14)4-13-11(6)8/h2-5,13H,1H3. The van der Waals surface area contributed by atoms with Crippen molar-refractivity contribution in [2.45, 2.75) is 6.92 Å². The molecule has 15 heavy (non-hydrogen) atoms. The first-order valence-corrected chi connectivity index (χ1v) is 4.78. The van der Waals surface area contributed by atoms with Gasteiger partial charge in [-0.25, -0.2) is 0 Å². The van der Waals surface area contributed by atoms with Crippen molar-refractivity contribution in [2.75, 3.05) is 0 Å². The number of halogens is 1. The minimum Gasteiger partial charge on any atom is -0.360 e. The molecule has 2 rings (SSSR count). The Morgan fingerprint density at radius 2 is 2.20 bits per heavy atom. The average Bonchev–Trinajstić information content (AvgIpc) is 2.60. The first-order valence-electron chi connectivity index (χ1n) is 4.40. The molecule has 0 amide bonds. The van der Waals surface area contributed by atoms with Gasteiger partial charge >= 0.3 is 0 Å². The van der Waals surface area contributed by atoms with Crippen molar-refractivity contribution >= 4 is 34.6 Å². The maximum absolute atomic E-state index is 11.3. The van der Waals surface area contributed by atoms with Crippen LogP contribution in [0.15, 0.2) is 18.3 Å². The third kappa shape index (κ3) is 1.55. The molecule has 3 nitrogen and oxygen atoms in total. The predicted octanol–water partition coefficient (Wildman–Crippen LogP) is 2.51. The summed E-state index contributed by atoms with van der Waals surface area (Å²) < 4.78 is 0. The van der Waals surface area contributed by atoms with Crippen LogP contribution in [0, 0.1) is 6.92 Å². The number of aldehydes is 1. The second kappa shape index (κ2) is 3.51. The molecular weight excluding hydrogens is 214 g/mol. The first-order chi connectivity index (χ1) is 7.13. The molecule has 1 N–H and O–H groups in total. The number of aryl methyl sites for hydroxylation is 1. The van der Waals surface area contributed by atoms with Gasteiger partial charge in [0.25, 0.3) is 0 Å². The summed E-state index contributed by atoms with van der Waals surface area (Å²) in [6.07, 6.45) is 1.84. The zero-order chi connectivity index (χ0) is 11.0. The van der Waals surface area contributed by atoms with Gasteiger partial charge in [-0.1, -0.05) is 11.6 Å². The van der Waals surface area contributed by atoms with Crippen LogP contribution in [0.2, 0.25) is 5.02 Å². The highest BCUT2D eigenvalue weighted by Crippen LogP contribution is 2.25. The Labute approximate surface area is 91.0 Å². The summed E-state index contributed by atoms with van der Waals surface area (Å²) >= 11 is 5.89. The fourth-order valence-corrected chi connectivity index (χ4v) is 1.91. The van der Waals surface area contributed by atoms with Crippen LogP contribution in [0.4, 0.5) is 0 Å². The summed E-state index contributed by atoms with van der Waals surface area (Å²) in [6.45, 7) is 1.89. The summed E-state index contributed by atoms with van der Waals surface area (Å²) in [7, 11) is 0. The van der Waals surface area contributed by atoms with E-state index in [0.29, 0.717) is 22.3 Å². The molecule has 0 radical (unpaired) electrons. The van der Waals surface area contributed by atoms with Gasteiger partial charge in [-0.3, -0.25) is 9.59 Å². The number of nitrogens with one attached hydrogen (secondary N) is 1. The van der Waals surface area contributed by atoms with E-state index in [1.165, 1.54) is 6.20 Å². The van der Waals surface area contributed by atoms with E-state index >= 15 is 0 Å². The number of H-pyrrole nitrogens is 1. The van der Waals surface area contributed by atoms with Gasteiger partial charge in [-0.2, -0.15) is 0 Å². The Hall–Kier alpha value is -1.61. The SMILES string of the molecule is Cc1cc(Cl)cc2c(C(=O)C=O)c[nH]c12. The normalized spacial score (nSPS) is 10.5. The number of Topliss-reactive ketones (excluding diaryl/α,β-unsaturated/α-hetero) is 1. The van der Waals surface area contributed by atoms with Gasteiger partial charge in [-0.05, 0) is 24.6 Å². The second-order valence-corrected chi connectivity index (χ2v) is 3.77. The van der Waals surface area contributed by atoms with Crippen LogP contribution < -0.4 is 0 Å². The Bertz CT molecular complexity index is 557. The summed E-state index contributed by atoms with van der Waals surface area (Å²) in [5, 5.41) is 1.25. The summed E-state index contributed by atoms with van der Waals surface area (Å²) in [5.41, 5.74) is 2.15. The van der Waals surface area contributed by atoms with Crippen LogP contribution in [0.3, 0.4) is 0 Å². The van der Waals surface area contributed by atoms with Crippen LogP contribution in [0.1, 0.15) is 15.9 Å². The van der Waals surface area contributed by atoms with Gasteiger partial charge < -0.3 is 4.98 Å². The minimum absolute atomic E-state index is 0.304. The van der Waals surface area contributed by atoms with Crippen molar-refractivity contribution in [3.63, 3.8) is 0 Å². The maximum atomic E-state index is 11.3. The van der Waals surface area contributed by atoms with E-state index in [4.69, 9.17) is 11.6 Å². The highest BCUT2D eigenvalue weighted by molar-refractivity contribution is 6.37. The maximum Gasteiger partial charge on any atom is 0.227 e. The van der Waals surface area contributed by atoms with Gasteiger partial charge in [0, 0.05) is 22.1 Å².